The summed E-state index contributed by atoms with van der Waals surface area (Å²) in [5, 5.41) is 7.48. The number of ether oxygens (including phenoxy) is 1. The predicted octanol–water partition coefficient (Wildman–Crippen LogP) is 4.76. The van der Waals surface area contributed by atoms with E-state index in [4.69, 9.17) is 9.26 Å². The molecule has 3 aromatic rings. The summed E-state index contributed by atoms with van der Waals surface area (Å²) in [4.78, 5) is 31.2. The highest BCUT2D eigenvalue weighted by Gasteiger charge is 2.33. The topological polar surface area (TPSA) is 97.6 Å². The van der Waals surface area contributed by atoms with E-state index in [0.29, 0.717) is 24.6 Å². The average Bonchev–Trinajstić information content (AvgIpc) is 3.38. The number of thiazole rings is 1. The molecule has 0 spiro atoms. The molecule has 1 atom stereocenters. The van der Waals surface area contributed by atoms with E-state index < -0.39 is 5.60 Å². The molecule has 8 nitrogen and oxygen atoms in total. The first kappa shape index (κ1) is 21.3. The molecule has 0 saturated carbocycles. The zero-order valence-electron chi connectivity index (χ0n) is 18.3. The van der Waals surface area contributed by atoms with Crippen LogP contribution in [-0.4, -0.2) is 45.7 Å². The van der Waals surface area contributed by atoms with E-state index in [9.17, 15) is 9.59 Å². The van der Waals surface area contributed by atoms with Crippen molar-refractivity contribution in [3.05, 3.63) is 29.7 Å². The third-order valence-electron chi connectivity index (χ3n) is 5.15. The van der Waals surface area contributed by atoms with E-state index in [1.54, 1.807) is 4.90 Å². The molecule has 31 heavy (non-hydrogen) atoms. The van der Waals surface area contributed by atoms with E-state index in [2.05, 4.69) is 15.5 Å². The maximum Gasteiger partial charge on any atom is 0.410 e. The molecule has 4 rings (SSSR count). The Morgan fingerprint density at radius 3 is 2.74 bits per heavy atom. The van der Waals surface area contributed by atoms with Gasteiger partial charge in [-0.15, -0.1) is 0 Å². The molecular formula is C22H26N4O4S. The second-order valence-corrected chi connectivity index (χ2v) is 9.83. The molecule has 0 aliphatic carbocycles. The Bertz CT molecular complexity index is 1120. The van der Waals surface area contributed by atoms with Gasteiger partial charge in [-0.3, -0.25) is 4.79 Å². The number of carbonyl (C=O) groups excluding carboxylic acids is 2. The van der Waals surface area contributed by atoms with Gasteiger partial charge in [0.05, 0.1) is 21.8 Å². The number of carbonyl (C=O) groups is 2. The van der Waals surface area contributed by atoms with Gasteiger partial charge in [-0.1, -0.05) is 22.6 Å². The Morgan fingerprint density at radius 2 is 2.06 bits per heavy atom. The van der Waals surface area contributed by atoms with Crippen molar-refractivity contribution in [2.45, 2.75) is 46.6 Å². The first-order valence-corrected chi connectivity index (χ1v) is 11.0. The maximum absolute atomic E-state index is 12.7. The molecule has 164 valence electrons. The number of anilines is 1. The van der Waals surface area contributed by atoms with Crippen molar-refractivity contribution in [1.29, 1.82) is 0 Å². The predicted molar refractivity (Wildman–Crippen MR) is 119 cm³/mol. The number of nitrogens with one attached hydrogen (secondary N) is 1. The van der Waals surface area contributed by atoms with E-state index in [1.165, 1.54) is 11.3 Å². The van der Waals surface area contributed by atoms with Crippen LogP contribution in [0, 0.1) is 19.8 Å². The van der Waals surface area contributed by atoms with Crippen LogP contribution in [0.15, 0.2) is 22.7 Å². The largest absolute Gasteiger partial charge is 0.444 e. The molecule has 2 aromatic heterocycles. The Balaban J connectivity index is 1.44. The highest BCUT2D eigenvalue weighted by Crippen LogP contribution is 2.33. The monoisotopic (exact) mass is 442 g/mol. The fourth-order valence-electron chi connectivity index (χ4n) is 3.71. The van der Waals surface area contributed by atoms with Crippen LogP contribution in [0.4, 0.5) is 9.93 Å². The van der Waals surface area contributed by atoms with Crippen molar-refractivity contribution in [1.82, 2.24) is 15.0 Å². The van der Waals surface area contributed by atoms with Gasteiger partial charge in [-0.25, -0.2) is 9.78 Å². The Labute approximate surface area is 184 Å². The number of hydrogen-bond acceptors (Lipinski definition) is 7. The summed E-state index contributed by atoms with van der Waals surface area (Å²) in [7, 11) is 0. The smallest absolute Gasteiger partial charge is 0.410 e. The highest BCUT2D eigenvalue weighted by molar-refractivity contribution is 7.22. The van der Waals surface area contributed by atoms with Crippen molar-refractivity contribution in [3.63, 3.8) is 0 Å². The van der Waals surface area contributed by atoms with Gasteiger partial charge in [0.2, 0.25) is 5.91 Å². The van der Waals surface area contributed by atoms with Crippen molar-refractivity contribution < 1.29 is 18.8 Å². The third kappa shape index (κ3) is 4.56. The summed E-state index contributed by atoms with van der Waals surface area (Å²) < 4.78 is 11.6. The highest BCUT2D eigenvalue weighted by atomic mass is 32.1. The molecule has 1 aliphatic rings. The molecule has 3 heterocycles. The summed E-state index contributed by atoms with van der Waals surface area (Å²) in [6.07, 6.45) is 0.223. The van der Waals surface area contributed by atoms with Gasteiger partial charge in [0.15, 0.2) is 5.13 Å². The Morgan fingerprint density at radius 1 is 1.29 bits per heavy atom. The molecule has 0 radical (unpaired) electrons. The second-order valence-electron chi connectivity index (χ2n) is 8.80. The molecule has 1 saturated heterocycles. The molecule has 1 N–H and O–H groups in total. The van der Waals surface area contributed by atoms with E-state index in [0.717, 1.165) is 32.8 Å². The fraction of sp³-hybridized carbons (Fsp3) is 0.455. The number of benzene rings is 1. The number of amides is 2. The van der Waals surface area contributed by atoms with Crippen LogP contribution in [0.5, 0.6) is 0 Å². The van der Waals surface area contributed by atoms with Crippen molar-refractivity contribution in [2.24, 2.45) is 5.92 Å². The Hall–Kier alpha value is -2.94. The number of likely N-dealkylation sites (tertiary alicyclic amines) is 1. The first-order chi connectivity index (χ1) is 14.6. The summed E-state index contributed by atoms with van der Waals surface area (Å²) in [5.41, 5.74) is 3.03. The lowest BCUT2D eigenvalue weighted by molar-refractivity contribution is -0.119. The van der Waals surface area contributed by atoms with Gasteiger partial charge in [-0.2, -0.15) is 0 Å². The van der Waals surface area contributed by atoms with Crippen LogP contribution in [0.2, 0.25) is 0 Å². The lowest BCUT2D eigenvalue weighted by Gasteiger charge is -2.24. The minimum absolute atomic E-state index is 0.129. The number of nitrogens with zero attached hydrogens (tertiary/aromatic N) is 3. The van der Waals surface area contributed by atoms with Crippen LogP contribution in [-0.2, 0) is 9.53 Å². The normalized spacial score (nSPS) is 16.7. The Kier molecular flexibility index (Phi) is 5.47. The quantitative estimate of drug-likeness (QED) is 0.628. The van der Waals surface area contributed by atoms with Gasteiger partial charge in [-0.05, 0) is 58.7 Å². The van der Waals surface area contributed by atoms with Crippen LogP contribution >= 0.6 is 11.3 Å². The van der Waals surface area contributed by atoms with Gasteiger partial charge in [0.1, 0.15) is 11.4 Å². The molecule has 1 aromatic carbocycles. The molecular weight excluding hydrogens is 416 g/mol. The SMILES string of the molecule is Cc1noc(C)c1-c1ccc2sc(NC(=O)[C@H]3CCN(C(=O)OC(C)(C)C)C3)nc2c1. The molecule has 1 fully saturated rings. The van der Waals surface area contributed by atoms with E-state index in [-0.39, 0.29) is 17.9 Å². The summed E-state index contributed by atoms with van der Waals surface area (Å²) >= 11 is 1.43. The summed E-state index contributed by atoms with van der Waals surface area (Å²) in [5.74, 6) is 0.352. The summed E-state index contributed by atoms with van der Waals surface area (Å²) in [6, 6.07) is 5.98. The number of hydrogen-bond donors (Lipinski definition) is 1. The average molecular weight is 443 g/mol. The van der Waals surface area contributed by atoms with Crippen LogP contribution < -0.4 is 5.32 Å². The van der Waals surface area contributed by atoms with Crippen molar-refractivity contribution in [2.75, 3.05) is 18.4 Å². The standard InChI is InChI=1S/C22H26N4O4S/c1-12-18(13(2)30-25-12)14-6-7-17-16(10-14)23-20(31-17)24-19(27)15-8-9-26(11-15)21(28)29-22(3,4)5/h6-7,10,15H,8-9,11H2,1-5H3,(H,23,24,27)/t15-/m0/s1. The minimum Gasteiger partial charge on any atom is -0.444 e. The lowest BCUT2D eigenvalue weighted by Crippen LogP contribution is -2.36. The van der Waals surface area contributed by atoms with Crippen LogP contribution in [0.25, 0.3) is 21.3 Å². The lowest BCUT2D eigenvalue weighted by atomic mass is 10.0. The maximum atomic E-state index is 12.7. The van der Waals surface area contributed by atoms with Crippen LogP contribution in [0.3, 0.4) is 0 Å². The van der Waals surface area contributed by atoms with E-state index in [1.807, 2.05) is 52.8 Å². The van der Waals surface area contributed by atoms with Gasteiger partial charge in [0.25, 0.3) is 0 Å². The second kappa shape index (κ2) is 7.96. The number of aryl methyl sites for hydroxylation is 2. The summed E-state index contributed by atoms with van der Waals surface area (Å²) in [6.45, 7) is 10.1. The zero-order valence-corrected chi connectivity index (χ0v) is 19.1. The molecule has 0 bridgehead atoms. The number of fused-ring (bicyclic) bond motifs is 1. The van der Waals surface area contributed by atoms with Crippen molar-refractivity contribution in [3.8, 4) is 11.1 Å². The third-order valence-corrected chi connectivity index (χ3v) is 6.10. The molecule has 1 aliphatic heterocycles. The minimum atomic E-state index is -0.555. The van der Waals surface area contributed by atoms with Gasteiger partial charge < -0.3 is 19.5 Å². The molecule has 9 heteroatoms. The van der Waals surface area contributed by atoms with Gasteiger partial charge in [0, 0.05) is 18.7 Å². The van der Waals surface area contributed by atoms with E-state index >= 15 is 0 Å². The number of aromatic nitrogens is 2. The van der Waals surface area contributed by atoms with Crippen LogP contribution in [0.1, 0.15) is 38.6 Å². The first-order valence-electron chi connectivity index (χ1n) is 10.2. The fourth-order valence-corrected chi connectivity index (χ4v) is 4.55. The molecule has 2 amide bonds. The van der Waals surface area contributed by atoms with Crippen molar-refractivity contribution >= 4 is 38.7 Å². The zero-order chi connectivity index (χ0) is 22.3. The van der Waals surface area contributed by atoms with Gasteiger partial charge >= 0.3 is 6.09 Å². The number of rotatable bonds is 3. The molecule has 0 unspecified atom stereocenters.